The van der Waals surface area contributed by atoms with Crippen LogP contribution in [-0.2, 0) is 0 Å². The second-order valence-corrected chi connectivity index (χ2v) is 8.75. The van der Waals surface area contributed by atoms with Gasteiger partial charge >= 0.3 is 0 Å². The van der Waals surface area contributed by atoms with Crippen molar-refractivity contribution in [1.82, 2.24) is 4.90 Å². The fourth-order valence-corrected chi connectivity index (χ4v) is 3.79. The Hall–Kier alpha value is -0.0400. The lowest BCUT2D eigenvalue weighted by Crippen LogP contribution is -2.29. The van der Waals surface area contributed by atoms with Crippen molar-refractivity contribution in [3.05, 3.63) is 0 Å². The quantitative estimate of drug-likeness (QED) is 0.183. The van der Waals surface area contributed by atoms with Crippen LogP contribution in [0.5, 0.6) is 0 Å². The molecule has 0 amide bonds. The fraction of sp³-hybridized carbons (Fsp3) is 1.00. The minimum atomic E-state index is 0.751. The molecule has 26 heavy (non-hydrogen) atoms. The van der Waals surface area contributed by atoms with Crippen LogP contribution in [0.2, 0.25) is 0 Å². The molecule has 1 nitrogen and oxygen atoms in total. The van der Waals surface area contributed by atoms with Gasteiger partial charge < -0.3 is 4.90 Å². The Morgan fingerprint density at radius 2 is 0.808 bits per heavy atom. The Kier molecular flexibility index (Phi) is 21.2. The van der Waals surface area contributed by atoms with Crippen LogP contribution >= 0.6 is 0 Å². The van der Waals surface area contributed by atoms with Gasteiger partial charge in [-0.3, -0.25) is 0 Å². The van der Waals surface area contributed by atoms with Gasteiger partial charge in [0.15, 0.2) is 0 Å². The number of hydrogen-bond donors (Lipinski definition) is 0. The molecule has 0 saturated carbocycles. The van der Waals surface area contributed by atoms with Crippen LogP contribution in [0.3, 0.4) is 0 Å². The highest BCUT2D eigenvalue weighted by atomic mass is 15.1. The Bertz CT molecular complexity index is 251. The molecule has 0 aliphatic heterocycles. The van der Waals surface area contributed by atoms with Gasteiger partial charge in [-0.25, -0.2) is 0 Å². The molecule has 0 bridgehead atoms. The van der Waals surface area contributed by atoms with Crippen LogP contribution < -0.4 is 0 Å². The molecule has 0 aromatic carbocycles. The molecule has 0 radical (unpaired) electrons. The summed E-state index contributed by atoms with van der Waals surface area (Å²) in [7, 11) is 2.28. The molecule has 158 valence electrons. The van der Waals surface area contributed by atoms with Crippen molar-refractivity contribution >= 4 is 0 Å². The van der Waals surface area contributed by atoms with Gasteiger partial charge in [0.25, 0.3) is 0 Å². The lowest BCUT2D eigenvalue weighted by Gasteiger charge is -2.23. The molecule has 1 atom stereocenters. The smallest absolute Gasteiger partial charge is 0.00612 e. The van der Waals surface area contributed by atoms with Crippen molar-refractivity contribution in [3.8, 4) is 0 Å². The minimum Gasteiger partial charge on any atom is -0.304 e. The van der Waals surface area contributed by atoms with E-state index in [1.807, 2.05) is 0 Å². The van der Waals surface area contributed by atoms with E-state index in [9.17, 15) is 0 Å². The molecule has 0 aromatic heterocycles. The van der Waals surface area contributed by atoms with E-state index < -0.39 is 0 Å². The molecule has 0 aliphatic carbocycles. The normalized spacial score (nSPS) is 12.8. The molecule has 1 heteroatoms. The summed E-state index contributed by atoms with van der Waals surface area (Å²) in [4.78, 5) is 2.52. The van der Waals surface area contributed by atoms with E-state index in [0.717, 1.165) is 6.04 Å². The van der Waals surface area contributed by atoms with Gasteiger partial charge in [-0.05, 0) is 33.4 Å². The maximum Gasteiger partial charge on any atom is 0.00612 e. The van der Waals surface area contributed by atoms with Gasteiger partial charge in [0.05, 0.1) is 0 Å². The predicted octanol–water partition coefficient (Wildman–Crippen LogP) is 8.76. The summed E-state index contributed by atoms with van der Waals surface area (Å²) in [5.74, 6) is 0. The van der Waals surface area contributed by atoms with Crippen molar-refractivity contribution in [2.24, 2.45) is 0 Å². The second kappa shape index (κ2) is 21.3. The van der Waals surface area contributed by atoms with Crippen molar-refractivity contribution in [3.63, 3.8) is 0 Å². The zero-order valence-corrected chi connectivity index (χ0v) is 19.2. The molecule has 0 heterocycles. The summed E-state index contributed by atoms with van der Waals surface area (Å²) in [5, 5.41) is 0. The summed E-state index contributed by atoms with van der Waals surface area (Å²) in [5.41, 5.74) is 0. The zero-order valence-electron chi connectivity index (χ0n) is 19.2. The molecule has 0 spiro atoms. The van der Waals surface area contributed by atoms with Gasteiger partial charge in [-0.1, -0.05) is 123 Å². The van der Waals surface area contributed by atoms with E-state index >= 15 is 0 Å². The second-order valence-electron chi connectivity index (χ2n) is 8.75. The first-order chi connectivity index (χ1) is 12.7. The molecular formula is C25H53N. The van der Waals surface area contributed by atoms with Gasteiger partial charge in [0.2, 0.25) is 0 Å². The van der Waals surface area contributed by atoms with Gasteiger partial charge in [-0.15, -0.1) is 0 Å². The summed E-state index contributed by atoms with van der Waals surface area (Å²) in [6.45, 7) is 8.22. The lowest BCUT2D eigenvalue weighted by atomic mass is 10.0. The number of hydrogen-bond acceptors (Lipinski definition) is 1. The van der Waals surface area contributed by atoms with E-state index in [4.69, 9.17) is 0 Å². The molecule has 0 rings (SSSR count). The standard InChI is InChI=1S/C25H53N/c1-5-7-8-9-10-11-12-13-14-15-16-17-18-19-20-21-22-23-24-26(4)25(3)6-2/h25H,5-24H2,1-4H3. The zero-order chi connectivity index (χ0) is 19.3. The average molecular weight is 368 g/mol. The molecule has 0 fully saturated rings. The topological polar surface area (TPSA) is 3.24 Å². The Labute approximate surface area is 167 Å². The molecule has 0 aliphatic rings. The van der Waals surface area contributed by atoms with E-state index in [2.05, 4.69) is 32.7 Å². The van der Waals surface area contributed by atoms with Gasteiger partial charge in [0, 0.05) is 6.04 Å². The fourth-order valence-electron chi connectivity index (χ4n) is 3.79. The summed E-state index contributed by atoms with van der Waals surface area (Å²) in [6.07, 6.45) is 27.6. The van der Waals surface area contributed by atoms with Crippen molar-refractivity contribution in [2.75, 3.05) is 13.6 Å². The van der Waals surface area contributed by atoms with Crippen molar-refractivity contribution < 1.29 is 0 Å². The third-order valence-electron chi connectivity index (χ3n) is 6.21. The molecule has 0 aromatic rings. The number of rotatable bonds is 21. The van der Waals surface area contributed by atoms with E-state index in [1.54, 1.807) is 0 Å². The highest BCUT2D eigenvalue weighted by Gasteiger charge is 2.05. The Morgan fingerprint density at radius 1 is 0.500 bits per heavy atom. The van der Waals surface area contributed by atoms with Crippen LogP contribution in [0.1, 0.15) is 143 Å². The highest BCUT2D eigenvalue weighted by molar-refractivity contribution is 4.60. The van der Waals surface area contributed by atoms with Crippen molar-refractivity contribution in [1.29, 1.82) is 0 Å². The summed E-state index contributed by atoms with van der Waals surface area (Å²) in [6, 6.07) is 0.751. The number of unbranched alkanes of at least 4 members (excludes halogenated alkanes) is 17. The minimum absolute atomic E-state index is 0.751. The van der Waals surface area contributed by atoms with Crippen LogP contribution in [-0.4, -0.2) is 24.5 Å². The molecular weight excluding hydrogens is 314 g/mol. The van der Waals surface area contributed by atoms with Crippen LogP contribution in [0.25, 0.3) is 0 Å². The Balaban J connectivity index is 3.07. The SMILES string of the molecule is CCCCCCCCCCCCCCCCCCCCN(C)C(C)CC. The highest BCUT2D eigenvalue weighted by Crippen LogP contribution is 2.14. The third kappa shape index (κ3) is 18.7. The lowest BCUT2D eigenvalue weighted by molar-refractivity contribution is 0.246. The maximum atomic E-state index is 2.52. The largest absolute Gasteiger partial charge is 0.304 e. The maximum absolute atomic E-state index is 2.52. The predicted molar refractivity (Wildman–Crippen MR) is 121 cm³/mol. The monoisotopic (exact) mass is 367 g/mol. The third-order valence-corrected chi connectivity index (χ3v) is 6.21. The van der Waals surface area contributed by atoms with Crippen LogP contribution in [0, 0.1) is 0 Å². The first-order valence-electron chi connectivity index (χ1n) is 12.4. The summed E-state index contributed by atoms with van der Waals surface area (Å²) < 4.78 is 0. The first-order valence-corrected chi connectivity index (χ1v) is 12.4. The van der Waals surface area contributed by atoms with E-state index in [-0.39, 0.29) is 0 Å². The van der Waals surface area contributed by atoms with Gasteiger partial charge in [-0.2, -0.15) is 0 Å². The molecule has 0 saturated heterocycles. The summed E-state index contributed by atoms with van der Waals surface area (Å²) >= 11 is 0. The average Bonchev–Trinajstić information content (AvgIpc) is 2.66. The van der Waals surface area contributed by atoms with Crippen molar-refractivity contribution in [2.45, 2.75) is 149 Å². The Morgan fingerprint density at radius 3 is 1.12 bits per heavy atom. The van der Waals surface area contributed by atoms with E-state index in [1.165, 1.54) is 129 Å². The molecule has 1 unspecified atom stereocenters. The number of nitrogens with zero attached hydrogens (tertiary/aromatic N) is 1. The molecule has 0 N–H and O–H groups in total. The van der Waals surface area contributed by atoms with Gasteiger partial charge in [0.1, 0.15) is 0 Å². The first kappa shape index (κ1) is 26.0. The van der Waals surface area contributed by atoms with Crippen LogP contribution in [0.4, 0.5) is 0 Å². The van der Waals surface area contributed by atoms with E-state index in [0.29, 0.717) is 0 Å². The van der Waals surface area contributed by atoms with Crippen LogP contribution in [0.15, 0.2) is 0 Å².